The van der Waals surface area contributed by atoms with Crippen molar-refractivity contribution in [2.75, 3.05) is 0 Å². The van der Waals surface area contributed by atoms with E-state index >= 15 is 0 Å². The topological polar surface area (TPSA) is 0 Å². The Morgan fingerprint density at radius 3 is 1.32 bits per heavy atom. The highest BCUT2D eigenvalue weighted by atomic mass is 35.5. The van der Waals surface area contributed by atoms with Crippen LogP contribution >= 0.6 is 11.6 Å². The van der Waals surface area contributed by atoms with Crippen LogP contribution in [0.15, 0.2) is 12.1 Å². The lowest BCUT2D eigenvalue weighted by atomic mass is 9.95. The van der Waals surface area contributed by atoms with Crippen LogP contribution < -0.4 is 0 Å². The standard InChI is InChI=1S/C27H47Cl/c1-4-5-6-7-8-9-10-11-12-13-14-15-16-17-18-19-20-26-21-22-27(23-28)25(3)24(26)2/h21-22H,4-20,23H2,1-3H3. The van der Waals surface area contributed by atoms with Crippen molar-refractivity contribution < 1.29 is 0 Å². The zero-order valence-electron chi connectivity index (χ0n) is 19.3. The van der Waals surface area contributed by atoms with Crippen LogP contribution in [0, 0.1) is 13.8 Å². The van der Waals surface area contributed by atoms with Gasteiger partial charge in [-0.2, -0.15) is 0 Å². The van der Waals surface area contributed by atoms with E-state index in [4.69, 9.17) is 11.6 Å². The first kappa shape index (κ1) is 25.5. The van der Waals surface area contributed by atoms with Crippen LogP contribution in [0.25, 0.3) is 0 Å². The maximum absolute atomic E-state index is 6.01. The smallest absolute Gasteiger partial charge is 0.0476 e. The minimum atomic E-state index is 0.631. The molecule has 0 bridgehead atoms. The summed E-state index contributed by atoms with van der Waals surface area (Å²) in [5, 5.41) is 0. The number of alkyl halides is 1. The average molecular weight is 407 g/mol. The summed E-state index contributed by atoms with van der Waals surface area (Å²) in [5.74, 6) is 0.631. The van der Waals surface area contributed by atoms with E-state index in [9.17, 15) is 0 Å². The number of halogens is 1. The first-order valence-electron chi connectivity index (χ1n) is 12.3. The molecular weight excluding hydrogens is 360 g/mol. The van der Waals surface area contributed by atoms with Gasteiger partial charge in [-0.25, -0.2) is 0 Å². The van der Waals surface area contributed by atoms with Crippen molar-refractivity contribution in [1.82, 2.24) is 0 Å². The average Bonchev–Trinajstić information content (AvgIpc) is 2.70. The Kier molecular flexibility index (Phi) is 15.9. The van der Waals surface area contributed by atoms with Crippen LogP contribution in [0.4, 0.5) is 0 Å². The van der Waals surface area contributed by atoms with E-state index in [0.717, 1.165) is 0 Å². The van der Waals surface area contributed by atoms with E-state index in [1.54, 1.807) is 0 Å². The van der Waals surface area contributed by atoms with Gasteiger partial charge in [-0.15, -0.1) is 11.6 Å². The van der Waals surface area contributed by atoms with Gasteiger partial charge in [0.05, 0.1) is 0 Å². The fourth-order valence-corrected chi connectivity index (χ4v) is 4.50. The number of rotatable bonds is 18. The van der Waals surface area contributed by atoms with Gasteiger partial charge >= 0.3 is 0 Å². The molecule has 0 aliphatic heterocycles. The van der Waals surface area contributed by atoms with E-state index in [-0.39, 0.29) is 0 Å². The molecule has 0 aliphatic rings. The molecule has 0 spiro atoms. The van der Waals surface area contributed by atoms with Gasteiger partial charge in [0.25, 0.3) is 0 Å². The molecule has 28 heavy (non-hydrogen) atoms. The van der Waals surface area contributed by atoms with Crippen molar-refractivity contribution in [3.63, 3.8) is 0 Å². The fraction of sp³-hybridized carbons (Fsp3) is 0.778. The monoisotopic (exact) mass is 406 g/mol. The summed E-state index contributed by atoms with van der Waals surface area (Å²) in [6.45, 7) is 6.77. The Morgan fingerprint density at radius 1 is 0.536 bits per heavy atom. The summed E-state index contributed by atoms with van der Waals surface area (Å²) >= 11 is 6.01. The summed E-state index contributed by atoms with van der Waals surface area (Å²) < 4.78 is 0. The Hall–Kier alpha value is -0.490. The number of unbranched alkanes of at least 4 members (excludes halogenated alkanes) is 15. The van der Waals surface area contributed by atoms with Crippen molar-refractivity contribution in [2.24, 2.45) is 0 Å². The minimum Gasteiger partial charge on any atom is -0.122 e. The third kappa shape index (κ3) is 11.5. The highest BCUT2D eigenvalue weighted by molar-refractivity contribution is 6.17. The third-order valence-electron chi connectivity index (χ3n) is 6.46. The van der Waals surface area contributed by atoms with Crippen LogP contribution in [0.1, 0.15) is 132 Å². The summed E-state index contributed by atoms with van der Waals surface area (Å²) in [7, 11) is 0. The molecule has 0 radical (unpaired) electrons. The molecule has 0 fully saturated rings. The minimum absolute atomic E-state index is 0.631. The molecule has 0 aromatic heterocycles. The number of hydrogen-bond donors (Lipinski definition) is 0. The molecule has 1 heteroatoms. The van der Waals surface area contributed by atoms with E-state index in [0.29, 0.717) is 5.88 Å². The number of benzene rings is 1. The first-order chi connectivity index (χ1) is 13.7. The second kappa shape index (κ2) is 17.4. The predicted molar refractivity (Wildman–Crippen MR) is 129 cm³/mol. The zero-order valence-corrected chi connectivity index (χ0v) is 20.0. The predicted octanol–water partition coefficient (Wildman–Crippen LogP) is 9.85. The van der Waals surface area contributed by atoms with Gasteiger partial charge in [0.1, 0.15) is 0 Å². The van der Waals surface area contributed by atoms with Crippen molar-refractivity contribution >= 4 is 11.6 Å². The van der Waals surface area contributed by atoms with Crippen LogP contribution in [0.5, 0.6) is 0 Å². The van der Waals surface area contributed by atoms with E-state index in [1.807, 2.05) is 0 Å². The number of aryl methyl sites for hydroxylation is 1. The van der Waals surface area contributed by atoms with Gasteiger partial charge in [-0.05, 0) is 48.9 Å². The highest BCUT2D eigenvalue weighted by Gasteiger charge is 2.05. The summed E-state index contributed by atoms with van der Waals surface area (Å²) in [4.78, 5) is 0. The maximum atomic E-state index is 6.01. The zero-order chi connectivity index (χ0) is 20.5. The second-order valence-corrected chi connectivity index (χ2v) is 9.09. The van der Waals surface area contributed by atoms with Gasteiger partial charge < -0.3 is 0 Å². The maximum Gasteiger partial charge on any atom is 0.0476 e. The molecular formula is C27H47Cl. The molecule has 0 heterocycles. The molecule has 0 nitrogen and oxygen atoms in total. The van der Waals surface area contributed by atoms with Gasteiger partial charge in [0.2, 0.25) is 0 Å². The number of hydrogen-bond acceptors (Lipinski definition) is 0. The largest absolute Gasteiger partial charge is 0.122 e. The fourth-order valence-electron chi connectivity index (χ4n) is 4.21. The highest BCUT2D eigenvalue weighted by Crippen LogP contribution is 2.21. The Balaban J connectivity index is 1.89. The summed E-state index contributed by atoms with van der Waals surface area (Å²) in [5.41, 5.74) is 5.66. The van der Waals surface area contributed by atoms with Crippen LogP contribution in [-0.4, -0.2) is 0 Å². The second-order valence-electron chi connectivity index (χ2n) is 8.82. The molecule has 0 saturated heterocycles. The Morgan fingerprint density at radius 2 is 0.893 bits per heavy atom. The first-order valence-corrected chi connectivity index (χ1v) is 12.9. The molecule has 0 N–H and O–H groups in total. The van der Waals surface area contributed by atoms with Crippen LogP contribution in [0.2, 0.25) is 0 Å². The van der Waals surface area contributed by atoms with E-state index in [2.05, 4.69) is 32.9 Å². The molecule has 0 amide bonds. The molecule has 162 valence electrons. The molecule has 0 aliphatic carbocycles. The van der Waals surface area contributed by atoms with Crippen molar-refractivity contribution in [2.45, 2.75) is 136 Å². The molecule has 0 atom stereocenters. The molecule has 1 rings (SSSR count). The van der Waals surface area contributed by atoms with Gasteiger partial charge in [-0.3, -0.25) is 0 Å². The summed E-state index contributed by atoms with van der Waals surface area (Å²) in [6, 6.07) is 4.52. The molecule has 0 unspecified atom stereocenters. The quantitative estimate of drug-likeness (QED) is 0.168. The van der Waals surface area contributed by atoms with E-state index in [1.165, 1.54) is 131 Å². The Bertz CT molecular complexity index is 491. The van der Waals surface area contributed by atoms with Crippen molar-refractivity contribution in [3.8, 4) is 0 Å². The van der Waals surface area contributed by atoms with Crippen LogP contribution in [-0.2, 0) is 12.3 Å². The van der Waals surface area contributed by atoms with Gasteiger partial charge in [0, 0.05) is 5.88 Å². The lowest BCUT2D eigenvalue weighted by Gasteiger charge is -2.12. The van der Waals surface area contributed by atoms with Crippen molar-refractivity contribution in [3.05, 3.63) is 34.4 Å². The normalized spacial score (nSPS) is 11.3. The van der Waals surface area contributed by atoms with Gasteiger partial charge in [0.15, 0.2) is 0 Å². The van der Waals surface area contributed by atoms with Crippen LogP contribution in [0.3, 0.4) is 0 Å². The van der Waals surface area contributed by atoms with E-state index < -0.39 is 0 Å². The molecule has 1 aromatic rings. The SMILES string of the molecule is CCCCCCCCCCCCCCCCCCc1ccc(CCl)c(C)c1C. The lowest BCUT2D eigenvalue weighted by molar-refractivity contribution is 0.529. The molecule has 1 aromatic carbocycles. The summed E-state index contributed by atoms with van der Waals surface area (Å²) in [6.07, 6.45) is 24.2. The molecule has 0 saturated carbocycles. The van der Waals surface area contributed by atoms with Crippen molar-refractivity contribution in [1.29, 1.82) is 0 Å². The third-order valence-corrected chi connectivity index (χ3v) is 6.74. The van der Waals surface area contributed by atoms with Gasteiger partial charge in [-0.1, -0.05) is 115 Å². The Labute approximate surface area is 181 Å². The lowest BCUT2D eigenvalue weighted by Crippen LogP contribution is -1.96.